The first-order valence-corrected chi connectivity index (χ1v) is 11.0. The summed E-state index contributed by atoms with van der Waals surface area (Å²) < 4.78 is 0. The van der Waals surface area contributed by atoms with E-state index in [2.05, 4.69) is 20.2 Å². The summed E-state index contributed by atoms with van der Waals surface area (Å²) in [5.41, 5.74) is 14.2. The SMILES string of the molecule is Nc1sc(C2CCCCC2)nc1C(=O)Nc1cnccc1N1CCCC(N)C1. The molecule has 5 N–H and O–H groups in total. The number of aromatic nitrogens is 2. The van der Waals surface area contributed by atoms with Gasteiger partial charge >= 0.3 is 0 Å². The van der Waals surface area contributed by atoms with Crippen LogP contribution in [0.5, 0.6) is 0 Å². The van der Waals surface area contributed by atoms with E-state index in [0.29, 0.717) is 22.3 Å². The predicted molar refractivity (Wildman–Crippen MR) is 114 cm³/mol. The number of anilines is 3. The zero-order valence-corrected chi connectivity index (χ0v) is 16.9. The fourth-order valence-corrected chi connectivity index (χ4v) is 5.21. The lowest BCUT2D eigenvalue weighted by Crippen LogP contribution is -2.43. The van der Waals surface area contributed by atoms with Gasteiger partial charge in [0.2, 0.25) is 0 Å². The summed E-state index contributed by atoms with van der Waals surface area (Å²) in [6, 6.07) is 2.07. The van der Waals surface area contributed by atoms with E-state index in [1.54, 1.807) is 12.4 Å². The van der Waals surface area contributed by atoms with Gasteiger partial charge in [-0.05, 0) is 31.7 Å². The van der Waals surface area contributed by atoms with E-state index in [0.717, 1.165) is 49.5 Å². The number of carbonyl (C=O) groups excluding carboxylic acids is 1. The quantitative estimate of drug-likeness (QED) is 0.726. The maximum Gasteiger partial charge on any atom is 0.277 e. The molecule has 2 aliphatic rings. The third-order valence-corrected chi connectivity index (χ3v) is 6.73. The Morgan fingerprint density at radius 2 is 2.04 bits per heavy atom. The molecule has 1 aliphatic carbocycles. The minimum Gasteiger partial charge on any atom is -0.389 e. The predicted octanol–water partition coefficient (Wildman–Crippen LogP) is 3.35. The summed E-state index contributed by atoms with van der Waals surface area (Å²) in [6.45, 7) is 1.70. The number of carbonyl (C=O) groups is 1. The van der Waals surface area contributed by atoms with Crippen molar-refractivity contribution < 1.29 is 4.79 Å². The van der Waals surface area contributed by atoms with Crippen LogP contribution in [-0.2, 0) is 0 Å². The first-order chi connectivity index (χ1) is 13.6. The summed E-state index contributed by atoms with van der Waals surface area (Å²) in [6.07, 6.45) is 11.5. The van der Waals surface area contributed by atoms with Gasteiger partial charge in [0, 0.05) is 31.2 Å². The number of nitrogens with zero attached hydrogens (tertiary/aromatic N) is 3. The lowest BCUT2D eigenvalue weighted by molar-refractivity contribution is 0.102. The summed E-state index contributed by atoms with van der Waals surface area (Å²) >= 11 is 1.46. The van der Waals surface area contributed by atoms with E-state index < -0.39 is 0 Å². The minimum atomic E-state index is -0.272. The van der Waals surface area contributed by atoms with Crippen LogP contribution >= 0.6 is 11.3 Å². The molecule has 1 saturated carbocycles. The van der Waals surface area contributed by atoms with Crippen LogP contribution in [0.25, 0.3) is 0 Å². The molecular weight excluding hydrogens is 372 g/mol. The van der Waals surface area contributed by atoms with E-state index in [-0.39, 0.29) is 11.9 Å². The zero-order chi connectivity index (χ0) is 19.5. The Labute approximate surface area is 169 Å². The van der Waals surface area contributed by atoms with Crippen molar-refractivity contribution in [1.29, 1.82) is 0 Å². The Morgan fingerprint density at radius 3 is 2.82 bits per heavy atom. The van der Waals surface area contributed by atoms with E-state index in [4.69, 9.17) is 11.5 Å². The molecule has 3 heterocycles. The third-order valence-electron chi connectivity index (χ3n) is 5.68. The highest BCUT2D eigenvalue weighted by atomic mass is 32.1. The number of nitrogens with two attached hydrogens (primary N) is 2. The number of nitrogens with one attached hydrogen (secondary N) is 1. The molecule has 0 radical (unpaired) electrons. The van der Waals surface area contributed by atoms with Gasteiger partial charge < -0.3 is 21.7 Å². The van der Waals surface area contributed by atoms with Gasteiger partial charge in [0.1, 0.15) is 5.00 Å². The molecule has 1 unspecified atom stereocenters. The normalized spacial score (nSPS) is 20.9. The van der Waals surface area contributed by atoms with Gasteiger partial charge in [0.25, 0.3) is 5.91 Å². The van der Waals surface area contributed by atoms with Crippen molar-refractivity contribution in [1.82, 2.24) is 9.97 Å². The highest BCUT2D eigenvalue weighted by Crippen LogP contribution is 2.37. The fraction of sp³-hybridized carbons (Fsp3) is 0.550. The van der Waals surface area contributed by atoms with Crippen molar-refractivity contribution in [2.24, 2.45) is 5.73 Å². The molecule has 150 valence electrons. The van der Waals surface area contributed by atoms with Crippen LogP contribution in [0.3, 0.4) is 0 Å². The van der Waals surface area contributed by atoms with E-state index in [1.165, 1.54) is 30.6 Å². The maximum atomic E-state index is 12.9. The summed E-state index contributed by atoms with van der Waals surface area (Å²) in [4.78, 5) is 23.9. The molecule has 7 nitrogen and oxygen atoms in total. The number of pyridine rings is 1. The van der Waals surface area contributed by atoms with Crippen molar-refractivity contribution in [2.45, 2.75) is 56.9 Å². The lowest BCUT2D eigenvalue weighted by Gasteiger charge is -2.33. The molecule has 8 heteroatoms. The van der Waals surface area contributed by atoms with Gasteiger partial charge in [0.05, 0.1) is 22.6 Å². The Hall–Kier alpha value is -2.19. The van der Waals surface area contributed by atoms with E-state index in [1.807, 2.05) is 6.07 Å². The number of hydrogen-bond donors (Lipinski definition) is 3. The average molecular weight is 401 g/mol. The molecule has 0 bridgehead atoms. The summed E-state index contributed by atoms with van der Waals surface area (Å²) in [5, 5.41) is 4.46. The molecule has 1 saturated heterocycles. The average Bonchev–Trinajstić information content (AvgIpc) is 3.11. The molecule has 2 aromatic heterocycles. The zero-order valence-electron chi connectivity index (χ0n) is 16.1. The van der Waals surface area contributed by atoms with Gasteiger partial charge in [-0.15, -0.1) is 11.3 Å². The van der Waals surface area contributed by atoms with Crippen LogP contribution < -0.4 is 21.7 Å². The number of nitrogen functional groups attached to an aromatic ring is 1. The van der Waals surface area contributed by atoms with Crippen LogP contribution in [0.2, 0.25) is 0 Å². The van der Waals surface area contributed by atoms with Gasteiger partial charge in [-0.1, -0.05) is 19.3 Å². The number of rotatable bonds is 4. The van der Waals surface area contributed by atoms with Crippen molar-refractivity contribution in [2.75, 3.05) is 29.0 Å². The molecule has 2 fully saturated rings. The highest BCUT2D eigenvalue weighted by Gasteiger charge is 2.25. The van der Waals surface area contributed by atoms with Gasteiger partial charge in [0.15, 0.2) is 5.69 Å². The minimum absolute atomic E-state index is 0.151. The third kappa shape index (κ3) is 4.12. The molecule has 1 amide bonds. The Balaban J connectivity index is 1.52. The van der Waals surface area contributed by atoms with Crippen LogP contribution in [0.1, 0.15) is 66.4 Å². The molecule has 0 aromatic carbocycles. The topological polar surface area (TPSA) is 110 Å². The highest BCUT2D eigenvalue weighted by molar-refractivity contribution is 7.16. The van der Waals surface area contributed by atoms with Crippen LogP contribution in [0, 0.1) is 0 Å². The van der Waals surface area contributed by atoms with Gasteiger partial charge in [-0.3, -0.25) is 9.78 Å². The second-order valence-corrected chi connectivity index (χ2v) is 8.86. The number of piperidine rings is 1. The molecule has 28 heavy (non-hydrogen) atoms. The maximum absolute atomic E-state index is 12.9. The van der Waals surface area contributed by atoms with Crippen molar-refractivity contribution >= 4 is 33.6 Å². The molecule has 1 atom stereocenters. The smallest absolute Gasteiger partial charge is 0.277 e. The first kappa shape index (κ1) is 19.1. The Kier molecular flexibility index (Phi) is 5.77. The molecule has 1 aliphatic heterocycles. The van der Waals surface area contributed by atoms with Crippen LogP contribution in [-0.4, -0.2) is 35.0 Å². The van der Waals surface area contributed by atoms with E-state index >= 15 is 0 Å². The Morgan fingerprint density at radius 1 is 1.21 bits per heavy atom. The number of hydrogen-bond acceptors (Lipinski definition) is 7. The lowest BCUT2D eigenvalue weighted by atomic mass is 9.90. The summed E-state index contributed by atoms with van der Waals surface area (Å²) in [7, 11) is 0. The monoisotopic (exact) mass is 400 g/mol. The van der Waals surface area contributed by atoms with Crippen molar-refractivity contribution in [3.8, 4) is 0 Å². The second kappa shape index (κ2) is 8.45. The van der Waals surface area contributed by atoms with Gasteiger partial charge in [-0.2, -0.15) is 0 Å². The van der Waals surface area contributed by atoms with E-state index in [9.17, 15) is 4.79 Å². The van der Waals surface area contributed by atoms with Crippen molar-refractivity contribution in [3.05, 3.63) is 29.2 Å². The van der Waals surface area contributed by atoms with Crippen LogP contribution in [0.4, 0.5) is 16.4 Å². The largest absolute Gasteiger partial charge is 0.389 e. The fourth-order valence-electron chi connectivity index (χ4n) is 4.21. The molecule has 4 rings (SSSR count). The second-order valence-electron chi connectivity index (χ2n) is 7.80. The molecular formula is C20H28N6OS. The first-order valence-electron chi connectivity index (χ1n) is 10.1. The van der Waals surface area contributed by atoms with Crippen LogP contribution in [0.15, 0.2) is 18.5 Å². The standard InChI is InChI=1S/C20H28N6OS/c21-14-7-4-10-26(12-14)16-8-9-23-11-15(16)24-19(27)17-18(22)28-20(25-17)13-5-2-1-3-6-13/h8-9,11,13-14H,1-7,10,12,21-22H2,(H,24,27). The number of amides is 1. The molecule has 2 aromatic rings. The number of thiazole rings is 1. The summed E-state index contributed by atoms with van der Waals surface area (Å²) in [5.74, 6) is 0.165. The van der Waals surface area contributed by atoms with Crippen molar-refractivity contribution in [3.63, 3.8) is 0 Å². The molecule has 0 spiro atoms. The Bertz CT molecular complexity index is 832. The van der Waals surface area contributed by atoms with Gasteiger partial charge in [-0.25, -0.2) is 4.98 Å².